The fourth-order valence-electron chi connectivity index (χ4n) is 4.41. The van der Waals surface area contributed by atoms with E-state index in [1.165, 1.54) is 0 Å². The maximum Gasteiger partial charge on any atom is 0.217 e. The molecule has 11 heteroatoms. The zero-order chi connectivity index (χ0) is 23.9. The van der Waals surface area contributed by atoms with Gasteiger partial charge < -0.3 is 15.4 Å². The Kier molecular flexibility index (Phi) is 5.39. The van der Waals surface area contributed by atoms with Gasteiger partial charge in [0.15, 0.2) is 5.01 Å². The molecule has 0 aromatic carbocycles. The number of anilines is 1. The van der Waals surface area contributed by atoms with Crippen LogP contribution in [0.25, 0.3) is 27.5 Å². The highest BCUT2D eigenvalue weighted by molar-refractivity contribution is 7.14. The Morgan fingerprint density at radius 1 is 1.20 bits per heavy atom. The van der Waals surface area contributed by atoms with Crippen molar-refractivity contribution < 1.29 is 9.53 Å². The average molecular weight is 487 g/mol. The van der Waals surface area contributed by atoms with Gasteiger partial charge in [0, 0.05) is 30.8 Å². The van der Waals surface area contributed by atoms with Crippen LogP contribution in [0.3, 0.4) is 0 Å². The third-order valence-corrected chi connectivity index (χ3v) is 7.48. The topological polar surface area (TPSA) is 130 Å². The van der Waals surface area contributed by atoms with Crippen molar-refractivity contribution >= 4 is 28.4 Å². The fourth-order valence-corrected chi connectivity index (χ4v) is 5.40. The summed E-state index contributed by atoms with van der Waals surface area (Å²) in [5.41, 5.74) is 4.75. The molecule has 4 aromatic heterocycles. The molecule has 1 aliphatic carbocycles. The van der Waals surface area contributed by atoms with Gasteiger partial charge in [0.2, 0.25) is 5.91 Å². The summed E-state index contributed by atoms with van der Waals surface area (Å²) in [6.07, 6.45) is 5.15. The molecule has 0 atom stereocenters. The summed E-state index contributed by atoms with van der Waals surface area (Å²) in [5, 5.41) is 30.8. The van der Waals surface area contributed by atoms with Crippen LogP contribution in [0.15, 0.2) is 36.7 Å². The predicted octanol–water partition coefficient (Wildman–Crippen LogP) is 2.98. The monoisotopic (exact) mass is 486 g/mol. The molecule has 0 bridgehead atoms. The van der Waals surface area contributed by atoms with Crippen molar-refractivity contribution in [1.29, 1.82) is 5.26 Å². The first-order valence-corrected chi connectivity index (χ1v) is 12.2. The average Bonchev–Trinajstić information content (AvgIpc) is 3.45. The molecule has 35 heavy (non-hydrogen) atoms. The highest BCUT2D eigenvalue weighted by atomic mass is 32.1. The largest absolute Gasteiger partial charge is 0.377 e. The smallest absolute Gasteiger partial charge is 0.217 e. The van der Waals surface area contributed by atoms with Gasteiger partial charge in [-0.15, -0.1) is 10.2 Å². The molecular weight excluding hydrogens is 464 g/mol. The van der Waals surface area contributed by atoms with E-state index in [1.54, 1.807) is 35.0 Å². The van der Waals surface area contributed by atoms with Gasteiger partial charge in [-0.25, -0.2) is 4.52 Å². The van der Waals surface area contributed by atoms with Crippen molar-refractivity contribution in [2.24, 2.45) is 0 Å². The van der Waals surface area contributed by atoms with Crippen LogP contribution in [0.2, 0.25) is 0 Å². The second kappa shape index (κ2) is 8.72. The van der Waals surface area contributed by atoms with Crippen LogP contribution >= 0.6 is 11.3 Å². The third kappa shape index (κ3) is 4.11. The van der Waals surface area contributed by atoms with Crippen LogP contribution in [0.1, 0.15) is 36.3 Å². The molecule has 2 aliphatic rings. The number of nitriles is 1. The number of carbonyl (C=O) groups is 1. The number of nitrogens with zero attached hydrogens (tertiary/aromatic N) is 6. The van der Waals surface area contributed by atoms with Crippen molar-refractivity contribution in [2.45, 2.75) is 37.8 Å². The Labute approximate surface area is 205 Å². The number of fused-ring (bicyclic) bond motifs is 1. The number of ether oxygens (including phenoxy) is 1. The van der Waals surface area contributed by atoms with Gasteiger partial charge in [0.05, 0.1) is 53.5 Å². The Bertz CT molecular complexity index is 1460. The van der Waals surface area contributed by atoms with Crippen LogP contribution in [0, 0.1) is 11.3 Å². The van der Waals surface area contributed by atoms with Gasteiger partial charge in [-0.1, -0.05) is 11.3 Å². The summed E-state index contributed by atoms with van der Waals surface area (Å²) in [6, 6.07) is 10.3. The van der Waals surface area contributed by atoms with E-state index >= 15 is 0 Å². The number of carbonyl (C=O) groups excluding carboxylic acids is 1. The Morgan fingerprint density at radius 2 is 2.06 bits per heavy atom. The summed E-state index contributed by atoms with van der Waals surface area (Å²) >= 11 is 1.57. The quantitative estimate of drug-likeness (QED) is 0.425. The molecule has 4 aromatic rings. The predicted molar refractivity (Wildman–Crippen MR) is 130 cm³/mol. The molecular formula is C24H22N8O2S. The second-order valence-corrected chi connectivity index (χ2v) is 9.93. The molecule has 0 spiro atoms. The molecule has 176 valence electrons. The van der Waals surface area contributed by atoms with Gasteiger partial charge in [-0.2, -0.15) is 10.4 Å². The van der Waals surface area contributed by atoms with Gasteiger partial charge in [-0.3, -0.25) is 9.78 Å². The fraction of sp³-hybridized carbons (Fsp3) is 0.333. The molecule has 5 heterocycles. The normalized spacial score (nSPS) is 19.5. The van der Waals surface area contributed by atoms with Crippen molar-refractivity contribution in [1.82, 2.24) is 30.1 Å². The minimum Gasteiger partial charge on any atom is -0.377 e. The van der Waals surface area contributed by atoms with E-state index in [1.807, 2.05) is 24.4 Å². The van der Waals surface area contributed by atoms with Gasteiger partial charge in [0.1, 0.15) is 11.1 Å². The van der Waals surface area contributed by atoms with E-state index < -0.39 is 0 Å². The first-order chi connectivity index (χ1) is 17.1. The second-order valence-electron chi connectivity index (χ2n) is 8.92. The lowest BCUT2D eigenvalue weighted by atomic mass is 9.81. The number of rotatable bonds is 6. The molecule has 2 N–H and O–H groups in total. The van der Waals surface area contributed by atoms with E-state index in [9.17, 15) is 4.79 Å². The van der Waals surface area contributed by atoms with Crippen LogP contribution < -0.4 is 10.6 Å². The lowest BCUT2D eigenvalue weighted by molar-refractivity contribution is -0.120. The number of pyridine rings is 1. The minimum absolute atomic E-state index is 0.00438. The number of nitrogens with one attached hydrogen (secondary N) is 2. The number of hydrogen-bond donors (Lipinski definition) is 2. The maximum absolute atomic E-state index is 11.3. The number of amides is 1. The van der Waals surface area contributed by atoms with Crippen molar-refractivity contribution in [2.75, 3.05) is 18.5 Å². The van der Waals surface area contributed by atoms with Gasteiger partial charge >= 0.3 is 0 Å². The van der Waals surface area contributed by atoms with Crippen LogP contribution in [-0.4, -0.2) is 56.0 Å². The summed E-state index contributed by atoms with van der Waals surface area (Å²) in [5.74, 6) is 0.322. The molecule has 6 rings (SSSR count). The first kappa shape index (κ1) is 21.6. The van der Waals surface area contributed by atoms with Gasteiger partial charge in [-0.05, 0) is 37.1 Å². The molecule has 1 amide bonds. The zero-order valence-electron chi connectivity index (χ0n) is 18.9. The van der Waals surface area contributed by atoms with E-state index in [-0.39, 0.29) is 18.0 Å². The molecule has 0 radical (unpaired) electrons. The maximum atomic E-state index is 11.3. The van der Waals surface area contributed by atoms with Crippen LogP contribution in [0.5, 0.6) is 0 Å². The lowest BCUT2D eigenvalue weighted by Crippen LogP contribution is -2.42. The molecule has 1 aliphatic heterocycles. The molecule has 0 unspecified atom stereocenters. The SMILES string of the molecule is CC(=O)NC1CC(c2nnc(-c3cnc(-c4ccc5cc(C#N)cnn45)cc3NC3COC3)s2)C1. The van der Waals surface area contributed by atoms with Gasteiger partial charge in [0.25, 0.3) is 0 Å². The molecule has 1 saturated carbocycles. The Hall–Kier alpha value is -3.88. The Balaban J connectivity index is 1.31. The minimum atomic E-state index is 0.00438. The van der Waals surface area contributed by atoms with E-state index in [4.69, 9.17) is 15.0 Å². The third-order valence-electron chi connectivity index (χ3n) is 6.36. The lowest BCUT2D eigenvalue weighted by Gasteiger charge is -2.33. The number of hydrogen-bond acceptors (Lipinski definition) is 9. The van der Waals surface area contributed by atoms with E-state index in [0.717, 1.165) is 51.0 Å². The highest BCUT2D eigenvalue weighted by Crippen LogP contribution is 2.41. The zero-order valence-corrected chi connectivity index (χ0v) is 19.7. The summed E-state index contributed by atoms with van der Waals surface area (Å²) in [4.78, 5) is 16.0. The van der Waals surface area contributed by atoms with Crippen LogP contribution in [-0.2, 0) is 9.53 Å². The molecule has 1 saturated heterocycles. The summed E-state index contributed by atoms with van der Waals surface area (Å²) in [7, 11) is 0. The van der Waals surface area contributed by atoms with Crippen LogP contribution in [0.4, 0.5) is 5.69 Å². The molecule has 10 nitrogen and oxygen atoms in total. The number of aromatic nitrogens is 5. The standard InChI is InChI=1S/C24H22N8O2S/c1-13(33)28-16-5-15(6-16)23-30-31-24(35-23)19-10-26-21(7-20(19)29-17-11-34-12-17)22-3-2-18-4-14(8-25)9-27-32(18)22/h2-4,7,9-10,15-17H,5-6,11-12H2,1H3,(H,26,29)(H,28,33). The first-order valence-electron chi connectivity index (χ1n) is 11.4. The van der Waals surface area contributed by atoms with Crippen molar-refractivity contribution in [3.63, 3.8) is 0 Å². The summed E-state index contributed by atoms with van der Waals surface area (Å²) in [6.45, 7) is 2.85. The summed E-state index contributed by atoms with van der Waals surface area (Å²) < 4.78 is 7.14. The Morgan fingerprint density at radius 3 is 2.80 bits per heavy atom. The van der Waals surface area contributed by atoms with E-state index in [0.29, 0.717) is 24.7 Å². The van der Waals surface area contributed by atoms with Crippen molar-refractivity contribution in [3.05, 3.63) is 47.2 Å². The van der Waals surface area contributed by atoms with E-state index in [2.05, 4.69) is 32.0 Å². The molecule has 2 fully saturated rings. The van der Waals surface area contributed by atoms with Crippen molar-refractivity contribution in [3.8, 4) is 28.0 Å². The highest BCUT2D eigenvalue weighted by Gasteiger charge is 2.33.